The quantitative estimate of drug-likeness (QED) is 0.892. The van der Waals surface area contributed by atoms with Gasteiger partial charge in [0.2, 0.25) is 0 Å². The van der Waals surface area contributed by atoms with Crippen LogP contribution in [0.25, 0.3) is 0 Å². The van der Waals surface area contributed by atoms with E-state index >= 15 is 0 Å². The van der Waals surface area contributed by atoms with Crippen molar-refractivity contribution in [3.63, 3.8) is 0 Å². The van der Waals surface area contributed by atoms with E-state index in [1.807, 2.05) is 4.90 Å². The van der Waals surface area contributed by atoms with Gasteiger partial charge in [0.05, 0.1) is 0 Å². The number of carboxylic acid groups (broad SMARTS) is 1. The highest BCUT2D eigenvalue weighted by molar-refractivity contribution is 5.75. The lowest BCUT2D eigenvalue weighted by Crippen LogP contribution is -2.48. The Morgan fingerprint density at radius 1 is 1.12 bits per heavy atom. The van der Waals surface area contributed by atoms with Gasteiger partial charge in [-0.05, 0) is 36.6 Å². The third-order valence-electron chi connectivity index (χ3n) is 5.01. The second kappa shape index (κ2) is 7.98. The van der Waals surface area contributed by atoms with Gasteiger partial charge in [0.15, 0.2) is 0 Å². The summed E-state index contributed by atoms with van der Waals surface area (Å²) in [6, 6.07) is 12.4. The number of nitrogens with zero attached hydrogens (tertiary/aromatic N) is 2. The van der Waals surface area contributed by atoms with E-state index in [9.17, 15) is 14.3 Å². The number of halogens is 1. The minimum absolute atomic E-state index is 0.355. The van der Waals surface area contributed by atoms with Gasteiger partial charge in [-0.2, -0.15) is 0 Å². The number of carbonyl (C=O) groups is 1. The fourth-order valence-corrected chi connectivity index (χ4v) is 3.54. The van der Waals surface area contributed by atoms with Crippen LogP contribution in [0, 0.1) is 19.7 Å². The number of aryl methyl sites for hydroxylation is 2. The summed E-state index contributed by atoms with van der Waals surface area (Å²) < 4.78 is 13.9. The Bertz CT molecular complexity index is 785. The third kappa shape index (κ3) is 4.29. The summed E-state index contributed by atoms with van der Waals surface area (Å²) in [6.45, 7) is 7.53. The summed E-state index contributed by atoms with van der Waals surface area (Å²) in [6.07, 6.45) is 0. The standard InChI is InChI=1S/C21H25FN2O2/c1-15-4-3-5-17(12-15)14-23-8-10-24(11-9-23)20(21(25)26)18-7-6-16(2)19(22)13-18/h3-7,12-13,20H,8-11,14H2,1-2H3,(H,25,26)/t20-/m1/s1. The maximum Gasteiger partial charge on any atom is 0.325 e. The molecule has 1 heterocycles. The molecule has 1 aliphatic rings. The van der Waals surface area contributed by atoms with Crippen molar-refractivity contribution in [1.82, 2.24) is 9.80 Å². The molecule has 0 radical (unpaired) electrons. The summed E-state index contributed by atoms with van der Waals surface area (Å²) in [5, 5.41) is 9.69. The normalized spacial score (nSPS) is 17.2. The van der Waals surface area contributed by atoms with E-state index in [2.05, 4.69) is 36.1 Å². The van der Waals surface area contributed by atoms with Crippen molar-refractivity contribution in [3.8, 4) is 0 Å². The number of aliphatic carboxylic acids is 1. The number of benzene rings is 2. The van der Waals surface area contributed by atoms with Crippen molar-refractivity contribution < 1.29 is 14.3 Å². The monoisotopic (exact) mass is 356 g/mol. The van der Waals surface area contributed by atoms with Crippen LogP contribution in [0.5, 0.6) is 0 Å². The first-order valence-electron chi connectivity index (χ1n) is 8.95. The van der Waals surface area contributed by atoms with Gasteiger partial charge in [-0.3, -0.25) is 14.6 Å². The molecule has 0 aromatic heterocycles. The molecular weight excluding hydrogens is 331 g/mol. The fraction of sp³-hybridized carbons (Fsp3) is 0.381. The lowest BCUT2D eigenvalue weighted by Gasteiger charge is -2.38. The van der Waals surface area contributed by atoms with Crippen molar-refractivity contribution in [2.45, 2.75) is 26.4 Å². The van der Waals surface area contributed by atoms with Gasteiger partial charge in [0, 0.05) is 32.7 Å². The van der Waals surface area contributed by atoms with Gasteiger partial charge >= 0.3 is 5.97 Å². The first-order chi connectivity index (χ1) is 12.4. The van der Waals surface area contributed by atoms with Crippen LogP contribution in [-0.4, -0.2) is 47.1 Å². The van der Waals surface area contributed by atoms with E-state index < -0.39 is 12.0 Å². The average molecular weight is 356 g/mol. The molecule has 0 amide bonds. The predicted molar refractivity (Wildman–Crippen MR) is 99.5 cm³/mol. The Hall–Kier alpha value is -2.24. The summed E-state index contributed by atoms with van der Waals surface area (Å²) in [4.78, 5) is 16.1. The zero-order valence-electron chi connectivity index (χ0n) is 15.3. The molecule has 1 aliphatic heterocycles. The molecule has 1 atom stereocenters. The molecule has 26 heavy (non-hydrogen) atoms. The van der Waals surface area contributed by atoms with Crippen LogP contribution >= 0.6 is 0 Å². The zero-order chi connectivity index (χ0) is 18.7. The Kier molecular flexibility index (Phi) is 5.69. The van der Waals surface area contributed by atoms with Crippen molar-refractivity contribution in [2.24, 2.45) is 0 Å². The Morgan fingerprint density at radius 3 is 2.46 bits per heavy atom. The van der Waals surface area contributed by atoms with Crippen LogP contribution < -0.4 is 0 Å². The SMILES string of the molecule is Cc1cccc(CN2CCN([C@@H](C(=O)O)c3ccc(C)c(F)c3)CC2)c1. The molecular formula is C21H25FN2O2. The molecule has 5 heteroatoms. The first kappa shape index (κ1) is 18.5. The van der Waals surface area contributed by atoms with E-state index in [0.29, 0.717) is 24.2 Å². The van der Waals surface area contributed by atoms with E-state index in [4.69, 9.17) is 0 Å². The highest BCUT2D eigenvalue weighted by atomic mass is 19.1. The molecule has 1 saturated heterocycles. The van der Waals surface area contributed by atoms with Crippen molar-refractivity contribution in [3.05, 3.63) is 70.5 Å². The molecule has 138 valence electrons. The highest BCUT2D eigenvalue weighted by Gasteiger charge is 2.30. The second-order valence-corrected chi connectivity index (χ2v) is 7.05. The molecule has 0 saturated carbocycles. The van der Waals surface area contributed by atoms with E-state index in [-0.39, 0.29) is 5.82 Å². The molecule has 0 bridgehead atoms. The van der Waals surface area contributed by atoms with Crippen molar-refractivity contribution in [2.75, 3.05) is 26.2 Å². The molecule has 3 rings (SSSR count). The maximum atomic E-state index is 13.9. The number of hydrogen-bond donors (Lipinski definition) is 1. The lowest BCUT2D eigenvalue weighted by molar-refractivity contribution is -0.144. The van der Waals surface area contributed by atoms with Gasteiger partial charge in [0.1, 0.15) is 11.9 Å². The van der Waals surface area contributed by atoms with Crippen LogP contribution in [0.3, 0.4) is 0 Å². The zero-order valence-corrected chi connectivity index (χ0v) is 15.3. The minimum atomic E-state index is -0.930. The second-order valence-electron chi connectivity index (χ2n) is 7.05. The third-order valence-corrected chi connectivity index (χ3v) is 5.01. The molecule has 0 unspecified atom stereocenters. The van der Waals surface area contributed by atoms with Crippen LogP contribution in [-0.2, 0) is 11.3 Å². The number of piperazine rings is 1. The van der Waals surface area contributed by atoms with Crippen LogP contribution in [0.1, 0.15) is 28.3 Å². The van der Waals surface area contributed by atoms with Gasteiger partial charge < -0.3 is 5.11 Å². The van der Waals surface area contributed by atoms with Gasteiger partial charge in [-0.25, -0.2) is 4.39 Å². The molecule has 4 nitrogen and oxygen atoms in total. The molecule has 2 aromatic rings. The summed E-state index contributed by atoms with van der Waals surface area (Å²) in [7, 11) is 0. The van der Waals surface area contributed by atoms with E-state index in [0.717, 1.165) is 19.6 Å². The van der Waals surface area contributed by atoms with E-state index in [1.165, 1.54) is 17.2 Å². The average Bonchev–Trinajstić information content (AvgIpc) is 2.59. The first-order valence-corrected chi connectivity index (χ1v) is 8.95. The van der Waals surface area contributed by atoms with Crippen LogP contribution in [0.15, 0.2) is 42.5 Å². The van der Waals surface area contributed by atoms with Gasteiger partial charge in [-0.15, -0.1) is 0 Å². The van der Waals surface area contributed by atoms with E-state index in [1.54, 1.807) is 19.1 Å². The molecule has 1 fully saturated rings. The molecule has 2 aromatic carbocycles. The van der Waals surface area contributed by atoms with Crippen molar-refractivity contribution >= 4 is 5.97 Å². The smallest absolute Gasteiger partial charge is 0.325 e. The summed E-state index contributed by atoms with van der Waals surface area (Å²) >= 11 is 0. The molecule has 0 spiro atoms. The van der Waals surface area contributed by atoms with Crippen molar-refractivity contribution in [1.29, 1.82) is 0 Å². The minimum Gasteiger partial charge on any atom is -0.480 e. The Balaban J connectivity index is 1.66. The summed E-state index contributed by atoms with van der Waals surface area (Å²) in [5.41, 5.74) is 3.55. The van der Waals surface area contributed by atoms with Gasteiger partial charge in [-0.1, -0.05) is 42.0 Å². The van der Waals surface area contributed by atoms with Gasteiger partial charge in [0.25, 0.3) is 0 Å². The highest BCUT2D eigenvalue weighted by Crippen LogP contribution is 2.25. The van der Waals surface area contributed by atoms with Crippen LogP contribution in [0.2, 0.25) is 0 Å². The number of hydrogen-bond acceptors (Lipinski definition) is 3. The Labute approximate surface area is 153 Å². The molecule has 1 N–H and O–H groups in total. The lowest BCUT2D eigenvalue weighted by atomic mass is 10.0. The fourth-order valence-electron chi connectivity index (χ4n) is 3.54. The topological polar surface area (TPSA) is 43.8 Å². The largest absolute Gasteiger partial charge is 0.480 e. The predicted octanol–water partition coefficient (Wildman–Crippen LogP) is 3.39. The summed E-state index contributed by atoms with van der Waals surface area (Å²) in [5.74, 6) is -1.28. The maximum absolute atomic E-state index is 13.9. The molecule has 0 aliphatic carbocycles. The van der Waals surface area contributed by atoms with Crippen LogP contribution in [0.4, 0.5) is 4.39 Å². The number of carboxylic acids is 1. The number of rotatable bonds is 5. The Morgan fingerprint density at radius 2 is 1.85 bits per heavy atom.